The maximum Gasteiger partial charge on any atom is 0.124 e. The fraction of sp³-hybridized carbons (Fsp3) is 0.0909. The Morgan fingerprint density at radius 2 is 1.80 bits per heavy atom. The maximum atomic E-state index is 5.08. The molecule has 1 heterocycles. The van der Waals surface area contributed by atoms with Gasteiger partial charge >= 0.3 is 0 Å². The van der Waals surface area contributed by atoms with Crippen LogP contribution in [0.1, 0.15) is 0 Å². The van der Waals surface area contributed by atoms with E-state index in [1.54, 1.807) is 19.5 Å². The van der Waals surface area contributed by atoms with Crippen LogP contribution in [0.5, 0.6) is 5.75 Å². The van der Waals surface area contributed by atoms with Crippen molar-refractivity contribution >= 4 is 15.9 Å². The molecule has 0 aliphatic heterocycles. The Hall–Kier alpha value is -1.42. The summed E-state index contributed by atoms with van der Waals surface area (Å²) >= 11 is 3.25. The van der Waals surface area contributed by atoms with Crippen molar-refractivity contribution in [2.45, 2.75) is 0 Å². The molecule has 15 heavy (non-hydrogen) atoms. The zero-order valence-corrected chi connectivity index (χ0v) is 9.73. The van der Waals surface area contributed by atoms with E-state index in [1.165, 1.54) is 0 Å². The van der Waals surface area contributed by atoms with E-state index in [0.29, 0.717) is 0 Å². The van der Waals surface area contributed by atoms with Gasteiger partial charge in [-0.1, -0.05) is 0 Å². The predicted octanol–water partition coefficient (Wildman–Crippen LogP) is 2.91. The molecule has 76 valence electrons. The molecule has 2 rings (SSSR count). The van der Waals surface area contributed by atoms with E-state index < -0.39 is 0 Å². The lowest BCUT2D eigenvalue weighted by Gasteiger charge is -2.02. The number of aromatic nitrogens is 2. The summed E-state index contributed by atoms with van der Waals surface area (Å²) < 4.78 is 5.82. The third-order valence-electron chi connectivity index (χ3n) is 2.01. The molecule has 0 fully saturated rings. The quantitative estimate of drug-likeness (QED) is 0.837. The van der Waals surface area contributed by atoms with Gasteiger partial charge in [0.2, 0.25) is 0 Å². The van der Waals surface area contributed by atoms with Crippen molar-refractivity contribution in [1.29, 1.82) is 0 Å². The minimum Gasteiger partial charge on any atom is -0.497 e. The van der Waals surface area contributed by atoms with Crippen LogP contribution in [-0.4, -0.2) is 17.1 Å². The summed E-state index contributed by atoms with van der Waals surface area (Å²) in [5, 5.41) is 0. The van der Waals surface area contributed by atoms with Gasteiger partial charge in [-0.25, -0.2) is 4.98 Å². The van der Waals surface area contributed by atoms with Gasteiger partial charge in [-0.05, 0) is 40.2 Å². The summed E-state index contributed by atoms with van der Waals surface area (Å²) in [6.07, 6.45) is 3.41. The van der Waals surface area contributed by atoms with Gasteiger partial charge in [0.1, 0.15) is 10.4 Å². The van der Waals surface area contributed by atoms with Crippen molar-refractivity contribution in [3.63, 3.8) is 0 Å². The third-order valence-corrected chi connectivity index (χ3v) is 2.42. The summed E-state index contributed by atoms with van der Waals surface area (Å²) in [5.41, 5.74) is 1.87. The molecule has 0 spiro atoms. The number of hydrogen-bond donors (Lipinski definition) is 0. The van der Waals surface area contributed by atoms with Crippen molar-refractivity contribution in [2.24, 2.45) is 0 Å². The Kier molecular flexibility index (Phi) is 2.97. The van der Waals surface area contributed by atoms with Crippen LogP contribution < -0.4 is 4.74 Å². The van der Waals surface area contributed by atoms with Crippen LogP contribution >= 0.6 is 15.9 Å². The average Bonchev–Trinajstić information content (AvgIpc) is 2.30. The Balaban J connectivity index is 2.33. The summed E-state index contributed by atoms with van der Waals surface area (Å²) in [6, 6.07) is 7.71. The molecular formula is C11H9BrN2O. The van der Waals surface area contributed by atoms with E-state index in [0.717, 1.165) is 21.6 Å². The first-order valence-corrected chi connectivity index (χ1v) is 5.21. The number of halogens is 1. The highest BCUT2D eigenvalue weighted by molar-refractivity contribution is 9.10. The van der Waals surface area contributed by atoms with E-state index in [9.17, 15) is 0 Å². The number of benzene rings is 1. The molecule has 0 N–H and O–H groups in total. The van der Waals surface area contributed by atoms with Crippen molar-refractivity contribution in [3.8, 4) is 17.0 Å². The van der Waals surface area contributed by atoms with Gasteiger partial charge in [-0.2, -0.15) is 0 Å². The van der Waals surface area contributed by atoms with Crippen LogP contribution in [0.3, 0.4) is 0 Å². The largest absolute Gasteiger partial charge is 0.497 e. The molecule has 4 heteroatoms. The number of methoxy groups -OCH3 is 1. The molecule has 0 radical (unpaired) electrons. The fourth-order valence-corrected chi connectivity index (χ4v) is 1.43. The molecule has 0 atom stereocenters. The normalized spacial score (nSPS) is 10.0. The van der Waals surface area contributed by atoms with Gasteiger partial charge < -0.3 is 4.74 Å². The lowest BCUT2D eigenvalue weighted by atomic mass is 10.1. The number of hydrogen-bond acceptors (Lipinski definition) is 3. The zero-order chi connectivity index (χ0) is 10.7. The minimum absolute atomic E-state index is 0.736. The molecule has 0 bridgehead atoms. The van der Waals surface area contributed by atoms with Gasteiger partial charge in [0, 0.05) is 5.56 Å². The Labute approximate surface area is 96.3 Å². The first-order chi connectivity index (χ1) is 7.29. The average molecular weight is 265 g/mol. The maximum absolute atomic E-state index is 5.08. The number of ether oxygens (including phenoxy) is 1. The van der Waals surface area contributed by atoms with Crippen LogP contribution in [-0.2, 0) is 0 Å². The van der Waals surface area contributed by atoms with E-state index >= 15 is 0 Å². The molecule has 0 unspecified atom stereocenters. The minimum atomic E-state index is 0.736. The molecule has 0 aliphatic rings. The van der Waals surface area contributed by atoms with Gasteiger partial charge in [-0.3, -0.25) is 4.98 Å². The standard InChI is InChI=1S/C11H9BrN2O/c1-15-9-4-2-8(3-5-9)10-6-14-11(12)7-13-10/h2-7H,1H3. The monoisotopic (exact) mass is 264 g/mol. The molecule has 1 aromatic heterocycles. The first-order valence-electron chi connectivity index (χ1n) is 4.41. The lowest BCUT2D eigenvalue weighted by molar-refractivity contribution is 0.415. The molecule has 2 aromatic rings. The van der Waals surface area contributed by atoms with Crippen LogP contribution in [0.25, 0.3) is 11.3 Å². The molecule has 3 nitrogen and oxygen atoms in total. The summed E-state index contributed by atoms with van der Waals surface area (Å²) in [4.78, 5) is 8.37. The van der Waals surface area contributed by atoms with Crippen molar-refractivity contribution in [2.75, 3.05) is 7.11 Å². The molecule has 0 saturated carbocycles. The topological polar surface area (TPSA) is 35.0 Å². The highest BCUT2D eigenvalue weighted by atomic mass is 79.9. The highest BCUT2D eigenvalue weighted by Crippen LogP contribution is 2.20. The Morgan fingerprint density at radius 3 is 2.33 bits per heavy atom. The van der Waals surface area contributed by atoms with Gasteiger partial charge in [0.15, 0.2) is 0 Å². The van der Waals surface area contributed by atoms with E-state index in [2.05, 4.69) is 25.9 Å². The molecule has 1 aromatic carbocycles. The summed E-state index contributed by atoms with van der Waals surface area (Å²) in [6.45, 7) is 0. The van der Waals surface area contributed by atoms with Gasteiger partial charge in [0.25, 0.3) is 0 Å². The Bertz CT molecular complexity index is 439. The van der Waals surface area contributed by atoms with Crippen LogP contribution in [0.4, 0.5) is 0 Å². The van der Waals surface area contributed by atoms with Crippen molar-refractivity contribution < 1.29 is 4.74 Å². The van der Waals surface area contributed by atoms with Gasteiger partial charge in [-0.15, -0.1) is 0 Å². The van der Waals surface area contributed by atoms with E-state index in [1.807, 2.05) is 24.3 Å². The smallest absolute Gasteiger partial charge is 0.124 e. The van der Waals surface area contributed by atoms with Gasteiger partial charge in [0.05, 0.1) is 25.2 Å². The highest BCUT2D eigenvalue weighted by Gasteiger charge is 1.99. The second-order valence-corrected chi connectivity index (χ2v) is 3.77. The molecule has 0 amide bonds. The van der Waals surface area contributed by atoms with Crippen LogP contribution in [0.2, 0.25) is 0 Å². The zero-order valence-electron chi connectivity index (χ0n) is 8.14. The molecule has 0 saturated heterocycles. The number of nitrogens with zero attached hydrogens (tertiary/aromatic N) is 2. The van der Waals surface area contributed by atoms with E-state index in [-0.39, 0.29) is 0 Å². The fourth-order valence-electron chi connectivity index (χ4n) is 1.22. The lowest BCUT2D eigenvalue weighted by Crippen LogP contribution is -1.86. The number of rotatable bonds is 2. The predicted molar refractivity (Wildman–Crippen MR) is 61.7 cm³/mol. The Morgan fingerprint density at radius 1 is 1.07 bits per heavy atom. The van der Waals surface area contributed by atoms with Crippen LogP contribution in [0, 0.1) is 0 Å². The van der Waals surface area contributed by atoms with Crippen molar-refractivity contribution in [3.05, 3.63) is 41.3 Å². The third kappa shape index (κ3) is 2.33. The first kappa shape index (κ1) is 10.1. The van der Waals surface area contributed by atoms with E-state index in [4.69, 9.17) is 4.74 Å². The summed E-state index contributed by atoms with van der Waals surface area (Å²) in [5.74, 6) is 0.837. The van der Waals surface area contributed by atoms with Crippen molar-refractivity contribution in [1.82, 2.24) is 9.97 Å². The molecule has 0 aliphatic carbocycles. The SMILES string of the molecule is COc1ccc(-c2cnc(Br)cn2)cc1. The summed E-state index contributed by atoms with van der Waals surface area (Å²) in [7, 11) is 1.65. The second kappa shape index (κ2) is 4.40. The molecular weight excluding hydrogens is 256 g/mol. The van der Waals surface area contributed by atoms with Crippen LogP contribution in [0.15, 0.2) is 41.3 Å². The second-order valence-electron chi connectivity index (χ2n) is 2.95.